The van der Waals surface area contributed by atoms with Crippen LogP contribution in [0.2, 0.25) is 0 Å². The monoisotopic (exact) mass is 1880 g/mol. The fourth-order valence-electron chi connectivity index (χ4n) is 24.4. The summed E-state index contributed by atoms with van der Waals surface area (Å²) in [6.45, 7) is 0. The van der Waals surface area contributed by atoms with Crippen LogP contribution in [-0.4, -0.2) is 27.4 Å². The van der Waals surface area contributed by atoms with E-state index in [1.54, 1.807) is 0 Å². The zero-order chi connectivity index (χ0) is 97.4. The third-order valence-corrected chi connectivity index (χ3v) is 30.6. The lowest BCUT2D eigenvalue weighted by Crippen LogP contribution is -1.97. The Bertz CT molecular complexity index is 10700. The molecule has 0 unspecified atom stereocenters. The topological polar surface area (TPSA) is 29.6 Å². The maximum atomic E-state index is 2.54. The number of hydrogen-bond acceptors (Lipinski definition) is 0. The van der Waals surface area contributed by atoms with Crippen molar-refractivity contribution in [2.75, 3.05) is 0 Å². The molecule has 0 amide bonds. The van der Waals surface area contributed by atoms with Gasteiger partial charge in [0, 0.05) is 115 Å². The third-order valence-electron chi connectivity index (χ3n) is 30.6. The molecule has 0 spiro atoms. The molecule has 6 heterocycles. The van der Waals surface area contributed by atoms with Crippen LogP contribution in [0.3, 0.4) is 0 Å². The molecule has 0 radical (unpaired) electrons. The summed E-state index contributed by atoms with van der Waals surface area (Å²) in [6.07, 6.45) is 0. The average molecular weight is 1880 g/mol. The molecular formula is C142H92N6. The molecule has 25 aromatic carbocycles. The van der Waals surface area contributed by atoms with Crippen molar-refractivity contribution in [1.29, 1.82) is 0 Å². The van der Waals surface area contributed by atoms with E-state index in [0.717, 1.165) is 28.4 Å². The summed E-state index contributed by atoms with van der Waals surface area (Å²) in [6, 6.07) is 203. The second-order valence-electron chi connectivity index (χ2n) is 38.7. The van der Waals surface area contributed by atoms with Gasteiger partial charge >= 0.3 is 0 Å². The van der Waals surface area contributed by atoms with Crippen LogP contribution < -0.4 is 0 Å². The Morgan fingerprint density at radius 1 is 0.101 bits per heavy atom. The van der Waals surface area contributed by atoms with Gasteiger partial charge in [0.2, 0.25) is 0 Å². The third kappa shape index (κ3) is 13.6. The molecule has 0 N–H and O–H groups in total. The number of fused-ring (bicyclic) bond motifs is 30. The molecule has 6 heteroatoms. The van der Waals surface area contributed by atoms with Gasteiger partial charge in [-0.1, -0.05) is 443 Å². The van der Waals surface area contributed by atoms with Gasteiger partial charge in [0.05, 0.1) is 66.2 Å². The lowest BCUT2D eigenvalue weighted by Gasteiger charge is -2.15. The quantitative estimate of drug-likeness (QED) is 0.117. The molecule has 148 heavy (non-hydrogen) atoms. The van der Waals surface area contributed by atoms with Crippen molar-refractivity contribution in [2.24, 2.45) is 0 Å². The number of hydrogen-bond donors (Lipinski definition) is 0. The van der Waals surface area contributed by atoms with Gasteiger partial charge < -0.3 is 27.4 Å². The van der Waals surface area contributed by atoms with Gasteiger partial charge in [-0.15, -0.1) is 0 Å². The highest BCUT2D eigenvalue weighted by molar-refractivity contribution is 6.40. The molecule has 31 rings (SSSR count). The van der Waals surface area contributed by atoms with Crippen LogP contribution in [0.5, 0.6) is 0 Å². The first kappa shape index (κ1) is 85.1. The highest BCUT2D eigenvalue weighted by Gasteiger charge is 2.30. The zero-order valence-electron chi connectivity index (χ0n) is 80.8. The maximum absolute atomic E-state index is 2.54. The van der Waals surface area contributed by atoms with Gasteiger partial charge in [0.25, 0.3) is 0 Å². The van der Waals surface area contributed by atoms with Crippen LogP contribution in [0, 0.1) is 0 Å². The Hall–Kier alpha value is -19.7. The normalized spacial score (nSPS) is 11.8. The number of nitrogens with zero attached hydrogens (tertiary/aromatic N) is 6. The number of para-hydroxylation sites is 6. The SMILES string of the molecule is c1ccc(-c2ccccc2-c2cccc(-n3c4ccc5ccccc5c4c4c5ccccc5c5c(c6ccccc6n5-c5ccccc5)c43)c2)cc1.c1ccc(-c2ccccc2-c2cccc(-n3c4ccccc4c4c5c6ccc7ccccc7c6n(-c6ccccc6)c5ccc43)c2)cc1.c1ccc(-c2ccccc2-c2cccc(-n3c4ccccc4c4ccc5c(c6ccc7ccccc7c6n5-c5ccccc5)c43)c2)cc1. The van der Waals surface area contributed by atoms with E-state index < -0.39 is 0 Å². The predicted octanol–water partition coefficient (Wildman–Crippen LogP) is 38.3. The zero-order valence-corrected chi connectivity index (χ0v) is 80.8. The Labute approximate surface area is 854 Å². The van der Waals surface area contributed by atoms with E-state index in [0.29, 0.717) is 0 Å². The van der Waals surface area contributed by atoms with E-state index in [4.69, 9.17) is 0 Å². The first-order valence-electron chi connectivity index (χ1n) is 51.0. The summed E-state index contributed by atoms with van der Waals surface area (Å²) in [5.74, 6) is 0. The second kappa shape index (κ2) is 35.2. The van der Waals surface area contributed by atoms with Crippen molar-refractivity contribution >= 4 is 174 Å². The van der Waals surface area contributed by atoms with Gasteiger partial charge in [-0.3, -0.25) is 0 Å². The van der Waals surface area contributed by atoms with Crippen molar-refractivity contribution in [3.8, 4) is 101 Å². The smallest absolute Gasteiger partial charge is 0.0648 e. The fourth-order valence-corrected chi connectivity index (χ4v) is 24.4. The van der Waals surface area contributed by atoms with Crippen LogP contribution in [0.1, 0.15) is 0 Å². The lowest BCUT2D eigenvalue weighted by molar-refractivity contribution is 1.17. The Kier molecular flexibility index (Phi) is 20.2. The largest absolute Gasteiger partial charge is 0.309 e. The van der Waals surface area contributed by atoms with Gasteiger partial charge in [-0.05, 0) is 209 Å². The molecule has 6 nitrogen and oxygen atoms in total. The molecule has 0 atom stereocenters. The minimum Gasteiger partial charge on any atom is -0.309 e. The highest BCUT2D eigenvalue weighted by atomic mass is 15.0. The Morgan fingerprint density at radius 3 is 0.818 bits per heavy atom. The first-order valence-corrected chi connectivity index (χ1v) is 51.0. The molecule has 690 valence electrons. The molecule has 0 bridgehead atoms. The maximum Gasteiger partial charge on any atom is 0.0648 e. The molecule has 0 aliphatic carbocycles. The van der Waals surface area contributed by atoms with Gasteiger partial charge in [-0.25, -0.2) is 0 Å². The molecule has 0 fully saturated rings. The number of rotatable bonds is 12. The van der Waals surface area contributed by atoms with Crippen molar-refractivity contribution in [3.63, 3.8) is 0 Å². The van der Waals surface area contributed by atoms with E-state index in [-0.39, 0.29) is 0 Å². The fraction of sp³-hybridized carbons (Fsp3) is 0. The van der Waals surface area contributed by atoms with E-state index in [1.165, 1.54) is 246 Å². The average Bonchev–Trinajstić information content (AvgIpc) is 1.52. The molecule has 0 aliphatic rings. The molecule has 31 aromatic rings. The van der Waals surface area contributed by atoms with Crippen molar-refractivity contribution in [1.82, 2.24) is 27.4 Å². The second-order valence-corrected chi connectivity index (χ2v) is 38.7. The lowest BCUT2D eigenvalue weighted by atomic mass is 9.94. The molecule has 0 aliphatic heterocycles. The van der Waals surface area contributed by atoms with Crippen molar-refractivity contribution in [2.45, 2.75) is 0 Å². The van der Waals surface area contributed by atoms with Crippen molar-refractivity contribution in [3.05, 3.63) is 558 Å². The Morgan fingerprint density at radius 2 is 0.351 bits per heavy atom. The van der Waals surface area contributed by atoms with E-state index in [2.05, 4.69) is 586 Å². The summed E-state index contributed by atoms with van der Waals surface area (Å²) in [7, 11) is 0. The number of benzene rings is 25. The minimum atomic E-state index is 1.14. The van der Waals surface area contributed by atoms with Crippen LogP contribution in [0.4, 0.5) is 0 Å². The van der Waals surface area contributed by atoms with Gasteiger partial charge in [0.1, 0.15) is 0 Å². The highest BCUT2D eigenvalue weighted by Crippen LogP contribution is 2.53. The molecule has 0 saturated carbocycles. The molecule has 0 saturated heterocycles. The van der Waals surface area contributed by atoms with Crippen LogP contribution >= 0.6 is 0 Å². The van der Waals surface area contributed by atoms with Crippen LogP contribution in [0.25, 0.3) is 275 Å². The van der Waals surface area contributed by atoms with E-state index in [9.17, 15) is 0 Å². The van der Waals surface area contributed by atoms with Crippen LogP contribution in [-0.2, 0) is 0 Å². The van der Waals surface area contributed by atoms with E-state index in [1.807, 2.05) is 0 Å². The summed E-state index contributed by atoms with van der Waals surface area (Å²) >= 11 is 0. The predicted molar refractivity (Wildman–Crippen MR) is 628 cm³/mol. The Balaban J connectivity index is 0.000000105. The summed E-state index contributed by atoms with van der Waals surface area (Å²) < 4.78 is 14.9. The van der Waals surface area contributed by atoms with Crippen LogP contribution in [0.15, 0.2) is 558 Å². The summed E-state index contributed by atoms with van der Waals surface area (Å²) in [4.78, 5) is 0. The van der Waals surface area contributed by atoms with E-state index >= 15 is 0 Å². The minimum absolute atomic E-state index is 1.14. The van der Waals surface area contributed by atoms with Crippen molar-refractivity contribution < 1.29 is 0 Å². The summed E-state index contributed by atoms with van der Waals surface area (Å²) in [5, 5.41) is 25.3. The molecular weight excluding hydrogens is 1790 g/mol. The number of aromatic nitrogens is 6. The first-order chi connectivity index (χ1) is 73.5. The molecule has 6 aromatic heterocycles. The standard InChI is InChI=1S/C50H32N2.2C46H30N2/c1-3-16-33(17-4-1)38-23-9-10-24-39(38)35-19-15-22-37(32-35)52-45-31-30-34-18-7-8-25-40(34)46(45)47-41-26-11-12-27-42(41)49-48(50(47)52)43-28-13-14-29-44(43)51(49)36-20-5-2-6-21-36;1-3-14-31(15-4-1)36-21-9-10-22-37(36)33-17-13-20-35(30-33)48-42-25-12-11-24-39(42)40-28-29-43-44(46(40)48)41-27-26-32-16-7-8-23-38(32)45(41)47(43)34-18-5-2-6-19-34;1-3-14-31(15-4-1)36-21-9-10-22-37(36)33-17-13-20-35(30-33)47-41-25-12-11-24-39(41)44-42(47)28-29-43-45(44)40-27-26-32-16-7-8-23-38(32)46(40)48(43)34-18-5-2-6-19-34/h1-32H;2*1-30H. The summed E-state index contributed by atoms with van der Waals surface area (Å²) in [5.41, 5.74) is 36.2. The van der Waals surface area contributed by atoms with Gasteiger partial charge in [-0.2, -0.15) is 0 Å². The van der Waals surface area contributed by atoms with Gasteiger partial charge in [0.15, 0.2) is 0 Å².